The van der Waals surface area contributed by atoms with E-state index in [0.717, 1.165) is 0 Å². The van der Waals surface area contributed by atoms with Crippen molar-refractivity contribution < 1.29 is 18.3 Å². The fourth-order valence-electron chi connectivity index (χ4n) is 1.76. The van der Waals surface area contributed by atoms with Crippen LogP contribution in [0.2, 0.25) is 5.15 Å². The molecule has 0 bridgehead atoms. The van der Waals surface area contributed by atoms with Crippen LogP contribution in [0.25, 0.3) is 0 Å². The average Bonchev–Trinajstić information content (AvgIpc) is 2.29. The number of anilines is 1. The molecule has 1 aliphatic heterocycles. The highest BCUT2D eigenvalue weighted by molar-refractivity contribution is 6.31. The van der Waals surface area contributed by atoms with Crippen LogP contribution in [-0.2, 0) is 0 Å². The van der Waals surface area contributed by atoms with E-state index < -0.39 is 12.0 Å². The Bertz CT molecular complexity index is 490. The molecule has 0 unspecified atom stereocenters. The van der Waals surface area contributed by atoms with Gasteiger partial charge in [0.15, 0.2) is 11.0 Å². The lowest BCUT2D eigenvalue weighted by Crippen LogP contribution is -2.40. The molecule has 19 heavy (non-hydrogen) atoms. The molecule has 1 aliphatic rings. The first-order valence-corrected chi connectivity index (χ1v) is 5.88. The molecule has 2 heterocycles. The monoisotopic (exact) mass is 292 g/mol. The van der Waals surface area contributed by atoms with Crippen molar-refractivity contribution in [3.8, 4) is 5.88 Å². The van der Waals surface area contributed by atoms with Gasteiger partial charge in [-0.1, -0.05) is 11.6 Å². The van der Waals surface area contributed by atoms with E-state index in [1.54, 1.807) is 4.90 Å². The van der Waals surface area contributed by atoms with E-state index in [-0.39, 0.29) is 42.8 Å². The molecule has 0 aliphatic carbocycles. The molecule has 9 heteroatoms. The second-order valence-electron chi connectivity index (χ2n) is 4.09. The van der Waals surface area contributed by atoms with Gasteiger partial charge in [-0.05, 0) is 0 Å². The number of rotatable bonds is 2. The molecule has 1 amide bonds. The Morgan fingerprint density at radius 1 is 1.47 bits per heavy atom. The van der Waals surface area contributed by atoms with Gasteiger partial charge in [-0.15, -0.1) is 0 Å². The van der Waals surface area contributed by atoms with Crippen molar-refractivity contribution in [2.75, 3.05) is 18.0 Å². The summed E-state index contributed by atoms with van der Waals surface area (Å²) in [5, 5.41) is -0.0241. The molecule has 0 atom stereocenters. The number of carbonyl (C=O) groups excluding carboxylic acids is 1. The summed E-state index contributed by atoms with van der Waals surface area (Å²) in [6, 6.07) is 0. The van der Waals surface area contributed by atoms with Crippen LogP contribution in [0, 0.1) is 0 Å². The standard InChI is InChI=1S/C10H11ClF2N4O2/c11-7-8(15-5-6(16-7)19-9(14)18)17-3-1-10(12,13)2-4-17/h5H,1-4H2,(H2,14,18). The van der Waals surface area contributed by atoms with Gasteiger partial charge in [0, 0.05) is 25.9 Å². The number of primary amides is 1. The number of carbonyl (C=O) groups is 1. The van der Waals surface area contributed by atoms with E-state index in [2.05, 4.69) is 14.7 Å². The van der Waals surface area contributed by atoms with Crippen LogP contribution >= 0.6 is 11.6 Å². The maximum atomic E-state index is 13.0. The summed E-state index contributed by atoms with van der Waals surface area (Å²) >= 11 is 5.88. The number of aromatic nitrogens is 2. The molecule has 2 N–H and O–H groups in total. The largest absolute Gasteiger partial charge is 0.411 e. The summed E-state index contributed by atoms with van der Waals surface area (Å²) < 4.78 is 30.6. The van der Waals surface area contributed by atoms with Gasteiger partial charge in [-0.3, -0.25) is 0 Å². The topological polar surface area (TPSA) is 81.3 Å². The highest BCUT2D eigenvalue weighted by Gasteiger charge is 2.35. The van der Waals surface area contributed by atoms with Crippen molar-refractivity contribution >= 4 is 23.5 Å². The third-order valence-electron chi connectivity index (χ3n) is 2.69. The number of halogens is 3. The SMILES string of the molecule is NC(=O)Oc1cnc(N2CCC(F)(F)CC2)c(Cl)n1. The van der Waals surface area contributed by atoms with E-state index in [9.17, 15) is 13.6 Å². The Hall–Kier alpha value is -1.70. The first kappa shape index (κ1) is 13.7. The fourth-order valence-corrected chi connectivity index (χ4v) is 2.01. The molecule has 0 spiro atoms. The molecule has 0 aromatic carbocycles. The summed E-state index contributed by atoms with van der Waals surface area (Å²) in [5.41, 5.74) is 4.82. The molecule has 1 aromatic rings. The zero-order chi connectivity index (χ0) is 14.0. The molecule has 0 radical (unpaired) electrons. The highest BCUT2D eigenvalue weighted by Crippen LogP contribution is 2.32. The van der Waals surface area contributed by atoms with Crippen LogP contribution < -0.4 is 15.4 Å². The lowest BCUT2D eigenvalue weighted by molar-refractivity contribution is -0.0221. The summed E-state index contributed by atoms with van der Waals surface area (Å²) in [6.07, 6.45) is -0.385. The number of ether oxygens (including phenoxy) is 1. The molecule has 6 nitrogen and oxygen atoms in total. The first-order valence-electron chi connectivity index (χ1n) is 5.50. The molecular weight excluding hydrogens is 282 g/mol. The van der Waals surface area contributed by atoms with Gasteiger partial charge in [0.25, 0.3) is 5.92 Å². The van der Waals surface area contributed by atoms with Crippen molar-refractivity contribution in [3.63, 3.8) is 0 Å². The zero-order valence-corrected chi connectivity index (χ0v) is 10.5. The van der Waals surface area contributed by atoms with Crippen molar-refractivity contribution in [1.82, 2.24) is 9.97 Å². The number of nitrogens with zero attached hydrogens (tertiary/aromatic N) is 3. The summed E-state index contributed by atoms with van der Waals surface area (Å²) in [5.74, 6) is -2.50. The van der Waals surface area contributed by atoms with Crippen molar-refractivity contribution in [1.29, 1.82) is 0 Å². The minimum Gasteiger partial charge on any atom is -0.390 e. The average molecular weight is 293 g/mol. The lowest BCUT2D eigenvalue weighted by Gasteiger charge is -2.32. The Morgan fingerprint density at radius 2 is 2.11 bits per heavy atom. The number of hydrogen-bond acceptors (Lipinski definition) is 5. The molecule has 1 saturated heterocycles. The molecule has 0 saturated carbocycles. The number of alkyl halides is 2. The van der Waals surface area contributed by atoms with E-state index in [1.165, 1.54) is 6.20 Å². The lowest BCUT2D eigenvalue weighted by atomic mass is 10.1. The summed E-state index contributed by atoms with van der Waals surface area (Å²) in [7, 11) is 0. The minimum absolute atomic E-state index is 0.0241. The Labute approximate surface area is 112 Å². The Kier molecular flexibility index (Phi) is 3.70. The van der Waals surface area contributed by atoms with Crippen molar-refractivity contribution in [2.24, 2.45) is 5.73 Å². The second kappa shape index (κ2) is 5.12. The molecule has 1 aromatic heterocycles. The van der Waals surface area contributed by atoms with E-state index in [0.29, 0.717) is 0 Å². The Morgan fingerprint density at radius 3 is 2.63 bits per heavy atom. The van der Waals surface area contributed by atoms with E-state index >= 15 is 0 Å². The third kappa shape index (κ3) is 3.40. The minimum atomic E-state index is -2.65. The van der Waals surface area contributed by atoms with Gasteiger partial charge in [-0.25, -0.2) is 18.6 Å². The number of nitrogens with two attached hydrogens (primary N) is 1. The quantitative estimate of drug-likeness (QED) is 0.899. The second-order valence-corrected chi connectivity index (χ2v) is 4.44. The van der Waals surface area contributed by atoms with Crippen LogP contribution in [0.4, 0.5) is 19.4 Å². The van der Waals surface area contributed by atoms with Crippen molar-refractivity contribution in [2.45, 2.75) is 18.8 Å². The number of amides is 1. The van der Waals surface area contributed by atoms with Gasteiger partial charge < -0.3 is 15.4 Å². The predicted molar refractivity (Wildman–Crippen MR) is 63.6 cm³/mol. The van der Waals surface area contributed by atoms with E-state index in [1.807, 2.05) is 0 Å². The summed E-state index contributed by atoms with van der Waals surface area (Å²) in [6.45, 7) is 0.273. The van der Waals surface area contributed by atoms with Gasteiger partial charge >= 0.3 is 6.09 Å². The third-order valence-corrected chi connectivity index (χ3v) is 2.94. The van der Waals surface area contributed by atoms with Crippen LogP contribution in [0.3, 0.4) is 0 Å². The van der Waals surface area contributed by atoms with Gasteiger partial charge in [0.2, 0.25) is 5.88 Å². The maximum absolute atomic E-state index is 13.0. The van der Waals surface area contributed by atoms with Gasteiger partial charge in [-0.2, -0.15) is 4.98 Å². The number of hydrogen-bond donors (Lipinski definition) is 1. The molecular formula is C10H11ClF2N4O2. The van der Waals surface area contributed by atoms with Crippen LogP contribution in [-0.4, -0.2) is 35.1 Å². The zero-order valence-electron chi connectivity index (χ0n) is 9.78. The van der Waals surface area contributed by atoms with Crippen LogP contribution in [0.15, 0.2) is 6.20 Å². The van der Waals surface area contributed by atoms with Gasteiger partial charge in [0.1, 0.15) is 0 Å². The molecule has 2 rings (SSSR count). The summed E-state index contributed by atoms with van der Waals surface area (Å²) in [4.78, 5) is 19.9. The van der Waals surface area contributed by atoms with Gasteiger partial charge in [0.05, 0.1) is 6.20 Å². The van der Waals surface area contributed by atoms with Crippen LogP contribution in [0.5, 0.6) is 5.88 Å². The smallest absolute Gasteiger partial charge is 0.390 e. The van der Waals surface area contributed by atoms with Crippen molar-refractivity contribution in [3.05, 3.63) is 11.3 Å². The maximum Gasteiger partial charge on any atom is 0.411 e. The molecule has 104 valence electrons. The Balaban J connectivity index is 2.11. The first-order chi connectivity index (χ1) is 8.87. The van der Waals surface area contributed by atoms with E-state index in [4.69, 9.17) is 17.3 Å². The van der Waals surface area contributed by atoms with Crippen LogP contribution in [0.1, 0.15) is 12.8 Å². The normalized spacial score (nSPS) is 18.2. The number of piperidine rings is 1. The highest BCUT2D eigenvalue weighted by atomic mass is 35.5. The predicted octanol–water partition coefficient (Wildman–Crippen LogP) is 1.82. The fraction of sp³-hybridized carbons (Fsp3) is 0.500. The molecule has 1 fully saturated rings.